The Morgan fingerprint density at radius 1 is 1.16 bits per heavy atom. The first-order chi connectivity index (χ1) is 12.2. The molecular weight excluding hydrogens is 372 g/mol. The summed E-state index contributed by atoms with van der Waals surface area (Å²) in [6.07, 6.45) is 0.994. The highest BCUT2D eigenvalue weighted by Gasteiger charge is 2.31. The summed E-state index contributed by atoms with van der Waals surface area (Å²) >= 11 is 9.70. The maximum absolute atomic E-state index is 12.6. The minimum absolute atomic E-state index is 0.0339. The van der Waals surface area contributed by atoms with Gasteiger partial charge in [0.05, 0.1) is 23.3 Å². The Hall–Kier alpha value is -1.66. The van der Waals surface area contributed by atoms with E-state index in [2.05, 4.69) is 39.2 Å². The van der Waals surface area contributed by atoms with E-state index < -0.39 is 0 Å². The van der Waals surface area contributed by atoms with Gasteiger partial charge in [-0.2, -0.15) is 0 Å². The van der Waals surface area contributed by atoms with E-state index in [1.807, 2.05) is 29.5 Å². The lowest BCUT2D eigenvalue weighted by atomic mass is 9.98. The highest BCUT2D eigenvalue weighted by molar-refractivity contribution is 7.10. The number of carbonyl (C=O) groups is 1. The largest absolute Gasteiger partial charge is 0.324 e. The van der Waals surface area contributed by atoms with Gasteiger partial charge in [-0.3, -0.25) is 9.69 Å². The molecule has 0 unspecified atom stereocenters. The molecule has 0 saturated carbocycles. The van der Waals surface area contributed by atoms with Gasteiger partial charge in [-0.25, -0.2) is 0 Å². The minimum atomic E-state index is -0.0339. The molecule has 128 valence electrons. The smallest absolute Gasteiger partial charge is 0.238 e. The second-order valence-electron chi connectivity index (χ2n) is 5.97. The van der Waals surface area contributed by atoms with E-state index >= 15 is 0 Å². The summed E-state index contributed by atoms with van der Waals surface area (Å²) < 4.78 is 0. The Morgan fingerprint density at radius 3 is 2.84 bits per heavy atom. The molecule has 1 amide bonds. The lowest BCUT2D eigenvalue weighted by Gasteiger charge is -2.34. The Morgan fingerprint density at radius 2 is 2.04 bits per heavy atom. The molecule has 1 aromatic carbocycles. The van der Waals surface area contributed by atoms with E-state index in [0.29, 0.717) is 17.3 Å². The van der Waals surface area contributed by atoms with Crippen molar-refractivity contribution in [2.24, 2.45) is 0 Å². The second kappa shape index (κ2) is 7.30. The third-order valence-corrected chi connectivity index (χ3v) is 6.62. The van der Waals surface area contributed by atoms with Gasteiger partial charge in [0.2, 0.25) is 5.91 Å². The lowest BCUT2D eigenvalue weighted by Crippen LogP contribution is -2.40. The van der Waals surface area contributed by atoms with Crippen LogP contribution < -0.4 is 5.32 Å². The Bertz CT molecular complexity index is 875. The first-order valence-electron chi connectivity index (χ1n) is 8.10. The monoisotopic (exact) mass is 388 g/mol. The number of rotatable bonds is 4. The van der Waals surface area contributed by atoms with Crippen LogP contribution in [0.2, 0.25) is 5.02 Å². The maximum atomic E-state index is 12.6. The fourth-order valence-corrected chi connectivity index (χ4v) is 5.22. The molecule has 3 nitrogen and oxygen atoms in total. The van der Waals surface area contributed by atoms with Crippen LogP contribution in [0.4, 0.5) is 5.69 Å². The average Bonchev–Trinajstić information content (AvgIpc) is 3.28. The maximum Gasteiger partial charge on any atom is 0.238 e. The van der Waals surface area contributed by atoms with E-state index in [1.165, 1.54) is 15.3 Å². The molecular formula is C19H17ClN2OS2. The molecule has 0 radical (unpaired) electrons. The van der Waals surface area contributed by atoms with Crippen LogP contribution in [0.25, 0.3) is 0 Å². The van der Waals surface area contributed by atoms with Gasteiger partial charge in [0.25, 0.3) is 0 Å². The predicted octanol–water partition coefficient (Wildman–Crippen LogP) is 5.05. The van der Waals surface area contributed by atoms with Crippen molar-refractivity contribution >= 4 is 45.9 Å². The van der Waals surface area contributed by atoms with Crippen molar-refractivity contribution in [1.29, 1.82) is 0 Å². The zero-order valence-electron chi connectivity index (χ0n) is 13.4. The third-order valence-electron chi connectivity index (χ3n) is 4.37. The summed E-state index contributed by atoms with van der Waals surface area (Å²) in [4.78, 5) is 17.6. The van der Waals surface area contributed by atoms with Gasteiger partial charge in [0.1, 0.15) is 0 Å². The lowest BCUT2D eigenvalue weighted by molar-refractivity contribution is -0.117. The van der Waals surface area contributed by atoms with Crippen molar-refractivity contribution in [2.75, 3.05) is 18.4 Å². The Balaban J connectivity index is 1.55. The molecule has 0 saturated heterocycles. The highest BCUT2D eigenvalue weighted by atomic mass is 35.5. The molecule has 1 aliphatic heterocycles. The van der Waals surface area contributed by atoms with Crippen molar-refractivity contribution in [1.82, 2.24) is 4.90 Å². The van der Waals surface area contributed by atoms with Gasteiger partial charge in [-0.05, 0) is 47.0 Å². The molecule has 1 aliphatic rings. The molecule has 0 bridgehead atoms. The SMILES string of the molecule is O=C(CN1CCc2sccc2[C@@H]1c1cccs1)Nc1ccccc1Cl. The van der Waals surface area contributed by atoms with Gasteiger partial charge in [-0.1, -0.05) is 29.8 Å². The van der Waals surface area contributed by atoms with E-state index in [0.717, 1.165) is 13.0 Å². The van der Waals surface area contributed by atoms with Crippen molar-refractivity contribution in [3.8, 4) is 0 Å². The topological polar surface area (TPSA) is 32.3 Å². The number of thiophene rings is 2. The van der Waals surface area contributed by atoms with Crippen LogP contribution in [0.3, 0.4) is 0 Å². The zero-order chi connectivity index (χ0) is 17.2. The summed E-state index contributed by atoms with van der Waals surface area (Å²) in [7, 11) is 0. The number of hydrogen-bond donors (Lipinski definition) is 1. The van der Waals surface area contributed by atoms with Gasteiger partial charge in [0, 0.05) is 16.3 Å². The summed E-state index contributed by atoms with van der Waals surface area (Å²) in [5.41, 5.74) is 2.00. The Labute approximate surface area is 159 Å². The van der Waals surface area contributed by atoms with Gasteiger partial charge in [0.15, 0.2) is 0 Å². The van der Waals surface area contributed by atoms with Crippen LogP contribution in [0.5, 0.6) is 0 Å². The van der Waals surface area contributed by atoms with Crippen LogP contribution >= 0.6 is 34.3 Å². The van der Waals surface area contributed by atoms with Gasteiger partial charge in [-0.15, -0.1) is 22.7 Å². The van der Waals surface area contributed by atoms with E-state index in [4.69, 9.17) is 11.6 Å². The van der Waals surface area contributed by atoms with Crippen LogP contribution in [-0.4, -0.2) is 23.9 Å². The predicted molar refractivity (Wildman–Crippen MR) is 106 cm³/mol. The van der Waals surface area contributed by atoms with Gasteiger partial charge < -0.3 is 5.32 Å². The van der Waals surface area contributed by atoms with E-state index in [-0.39, 0.29) is 11.9 Å². The number of benzene rings is 1. The number of halogens is 1. The molecule has 1 N–H and O–H groups in total. The first-order valence-corrected chi connectivity index (χ1v) is 10.2. The molecule has 2 aromatic heterocycles. The molecule has 3 aromatic rings. The number of para-hydroxylation sites is 1. The average molecular weight is 389 g/mol. The summed E-state index contributed by atoms with van der Waals surface area (Å²) in [6.45, 7) is 1.23. The van der Waals surface area contributed by atoms with Crippen molar-refractivity contribution < 1.29 is 4.79 Å². The quantitative estimate of drug-likeness (QED) is 0.678. The van der Waals surface area contributed by atoms with Crippen molar-refractivity contribution in [2.45, 2.75) is 12.5 Å². The highest BCUT2D eigenvalue weighted by Crippen LogP contribution is 2.39. The molecule has 4 rings (SSSR count). The number of carbonyl (C=O) groups excluding carboxylic acids is 1. The van der Waals surface area contributed by atoms with Crippen LogP contribution in [-0.2, 0) is 11.2 Å². The fourth-order valence-electron chi connectivity index (χ4n) is 3.26. The fraction of sp³-hybridized carbons (Fsp3) is 0.211. The molecule has 0 fully saturated rings. The summed E-state index contributed by atoms with van der Waals surface area (Å²) in [5.74, 6) is -0.0339. The van der Waals surface area contributed by atoms with Crippen LogP contribution in [0.1, 0.15) is 21.4 Å². The summed E-state index contributed by atoms with van der Waals surface area (Å²) in [5, 5.41) is 7.74. The number of amides is 1. The molecule has 1 atom stereocenters. The second-order valence-corrected chi connectivity index (χ2v) is 8.35. The van der Waals surface area contributed by atoms with E-state index in [9.17, 15) is 4.79 Å². The standard InChI is InChI=1S/C19H17ClN2OS2/c20-14-4-1-2-5-15(14)21-18(23)12-22-9-7-16-13(8-11-25-16)19(22)17-6-3-10-24-17/h1-6,8,10-11,19H,7,9,12H2,(H,21,23)/t19-/m1/s1. The number of anilines is 1. The Kier molecular flexibility index (Phi) is 4.90. The van der Waals surface area contributed by atoms with E-state index in [1.54, 1.807) is 17.4 Å². The van der Waals surface area contributed by atoms with Crippen molar-refractivity contribution in [3.63, 3.8) is 0 Å². The van der Waals surface area contributed by atoms with Crippen LogP contribution in [0, 0.1) is 0 Å². The number of fused-ring (bicyclic) bond motifs is 1. The molecule has 0 spiro atoms. The molecule has 0 aliphatic carbocycles. The third kappa shape index (κ3) is 3.51. The van der Waals surface area contributed by atoms with Crippen molar-refractivity contribution in [3.05, 3.63) is 73.6 Å². The number of nitrogens with zero attached hydrogens (tertiary/aromatic N) is 1. The normalized spacial score (nSPS) is 17.2. The minimum Gasteiger partial charge on any atom is -0.324 e. The summed E-state index contributed by atoms with van der Waals surface area (Å²) in [6, 6.07) is 13.9. The molecule has 25 heavy (non-hydrogen) atoms. The number of nitrogens with one attached hydrogen (secondary N) is 1. The zero-order valence-corrected chi connectivity index (χ0v) is 15.8. The molecule has 6 heteroatoms. The number of hydrogen-bond acceptors (Lipinski definition) is 4. The first kappa shape index (κ1) is 16.8. The van der Waals surface area contributed by atoms with Crippen LogP contribution in [0.15, 0.2) is 53.2 Å². The van der Waals surface area contributed by atoms with Gasteiger partial charge >= 0.3 is 0 Å². The molecule has 3 heterocycles.